The van der Waals surface area contributed by atoms with Crippen molar-refractivity contribution in [2.24, 2.45) is 0 Å². The van der Waals surface area contributed by atoms with Crippen LogP contribution in [0.2, 0.25) is 0 Å². The number of rotatable bonds is 6. The summed E-state index contributed by atoms with van der Waals surface area (Å²) >= 11 is 0. The molecule has 1 amide bonds. The molecule has 4 aromatic rings. The summed E-state index contributed by atoms with van der Waals surface area (Å²) in [6.07, 6.45) is 2.05. The molecule has 0 spiro atoms. The number of hydrogen-bond acceptors (Lipinski definition) is 5. The van der Waals surface area contributed by atoms with E-state index >= 15 is 0 Å². The van der Waals surface area contributed by atoms with E-state index in [1.165, 1.54) is 6.07 Å². The molecule has 1 aromatic heterocycles. The summed E-state index contributed by atoms with van der Waals surface area (Å²) in [4.78, 5) is 14.7. The first kappa shape index (κ1) is 20.6. The zero-order valence-corrected chi connectivity index (χ0v) is 17.7. The van der Waals surface area contributed by atoms with Crippen molar-refractivity contribution in [2.45, 2.75) is 12.6 Å². The van der Waals surface area contributed by atoms with E-state index in [0.717, 1.165) is 16.8 Å². The maximum absolute atomic E-state index is 13.9. The molecule has 3 aromatic carbocycles. The van der Waals surface area contributed by atoms with E-state index in [9.17, 15) is 9.18 Å². The van der Waals surface area contributed by atoms with Crippen molar-refractivity contribution in [3.05, 3.63) is 114 Å². The first-order valence-electron chi connectivity index (χ1n) is 10.6. The molecule has 33 heavy (non-hydrogen) atoms. The largest absolute Gasteiger partial charge is 0.350 e. The SMILES string of the molecule is O=C(CN1C(c2ccccc2)=C[C@H](c2ccccc2)n2nnnc21)NCc1ccccc1F. The van der Waals surface area contributed by atoms with Crippen molar-refractivity contribution >= 4 is 17.6 Å². The van der Waals surface area contributed by atoms with Gasteiger partial charge in [-0.25, -0.2) is 4.39 Å². The molecule has 1 N–H and O–H groups in total. The van der Waals surface area contributed by atoms with E-state index in [4.69, 9.17) is 0 Å². The Labute approximate surface area is 190 Å². The molecule has 0 saturated heterocycles. The third-order valence-electron chi connectivity index (χ3n) is 5.53. The Morgan fingerprint density at radius 3 is 2.39 bits per heavy atom. The summed E-state index contributed by atoms with van der Waals surface area (Å²) in [5, 5.41) is 15.1. The lowest BCUT2D eigenvalue weighted by Gasteiger charge is -2.32. The highest BCUT2D eigenvalue weighted by Gasteiger charge is 2.31. The van der Waals surface area contributed by atoms with Crippen LogP contribution in [0, 0.1) is 5.82 Å². The first-order valence-corrected chi connectivity index (χ1v) is 10.6. The van der Waals surface area contributed by atoms with Gasteiger partial charge in [-0.15, -0.1) is 0 Å². The van der Waals surface area contributed by atoms with Gasteiger partial charge in [-0.2, -0.15) is 4.68 Å². The summed E-state index contributed by atoms with van der Waals surface area (Å²) in [7, 11) is 0. The molecule has 1 atom stereocenters. The number of allylic oxidation sites excluding steroid dienone is 1. The molecule has 7 nitrogen and oxygen atoms in total. The Morgan fingerprint density at radius 2 is 1.64 bits per heavy atom. The Morgan fingerprint density at radius 1 is 0.939 bits per heavy atom. The molecule has 1 aliphatic heterocycles. The smallest absolute Gasteiger partial charge is 0.251 e. The van der Waals surface area contributed by atoms with Crippen LogP contribution in [0.1, 0.15) is 22.7 Å². The van der Waals surface area contributed by atoms with Crippen molar-refractivity contribution in [2.75, 3.05) is 11.4 Å². The van der Waals surface area contributed by atoms with Gasteiger partial charge in [0.05, 0.1) is 5.70 Å². The Kier molecular flexibility index (Phi) is 5.63. The number of carbonyl (C=O) groups excluding carboxylic acids is 1. The number of carbonyl (C=O) groups is 1. The number of halogens is 1. The zero-order chi connectivity index (χ0) is 22.6. The molecule has 0 radical (unpaired) electrons. The van der Waals surface area contributed by atoms with Gasteiger partial charge in [0.25, 0.3) is 5.95 Å². The van der Waals surface area contributed by atoms with Crippen LogP contribution in [-0.4, -0.2) is 32.7 Å². The molecule has 164 valence electrons. The van der Waals surface area contributed by atoms with Crippen LogP contribution in [0.3, 0.4) is 0 Å². The Hall–Kier alpha value is -4.33. The van der Waals surface area contributed by atoms with E-state index in [2.05, 4.69) is 26.9 Å². The number of hydrogen-bond donors (Lipinski definition) is 1. The normalized spacial score (nSPS) is 15.0. The Balaban J connectivity index is 1.46. The highest BCUT2D eigenvalue weighted by atomic mass is 19.1. The van der Waals surface area contributed by atoms with E-state index in [-0.39, 0.29) is 30.9 Å². The molecule has 0 fully saturated rings. The summed E-state index contributed by atoms with van der Waals surface area (Å²) in [6.45, 7) is 0.0817. The van der Waals surface area contributed by atoms with Crippen LogP contribution in [0.5, 0.6) is 0 Å². The van der Waals surface area contributed by atoms with Crippen molar-refractivity contribution in [1.29, 1.82) is 0 Å². The highest BCUT2D eigenvalue weighted by Crippen LogP contribution is 2.35. The topological polar surface area (TPSA) is 75.9 Å². The highest BCUT2D eigenvalue weighted by molar-refractivity contribution is 5.89. The van der Waals surface area contributed by atoms with E-state index in [1.54, 1.807) is 27.8 Å². The minimum absolute atomic E-state index is 0.0168. The van der Waals surface area contributed by atoms with Crippen molar-refractivity contribution in [1.82, 2.24) is 25.5 Å². The summed E-state index contributed by atoms with van der Waals surface area (Å²) in [6, 6.07) is 25.9. The van der Waals surface area contributed by atoms with Gasteiger partial charge in [-0.05, 0) is 33.7 Å². The van der Waals surface area contributed by atoms with Crippen molar-refractivity contribution in [3.8, 4) is 0 Å². The second-order valence-corrected chi connectivity index (χ2v) is 7.65. The average molecular weight is 440 g/mol. The summed E-state index contributed by atoms with van der Waals surface area (Å²) in [5.74, 6) is -0.158. The molecule has 0 aliphatic carbocycles. The second-order valence-electron chi connectivity index (χ2n) is 7.65. The fraction of sp³-hybridized carbons (Fsp3) is 0.120. The number of benzene rings is 3. The van der Waals surface area contributed by atoms with Crippen LogP contribution >= 0.6 is 0 Å². The van der Waals surface area contributed by atoms with Crippen molar-refractivity contribution in [3.63, 3.8) is 0 Å². The zero-order valence-electron chi connectivity index (χ0n) is 17.7. The standard InChI is InChI=1S/C25H21FN6O/c26-21-14-8-7-13-20(21)16-27-24(33)17-31-22(18-9-3-1-4-10-18)15-23(19-11-5-2-6-12-19)32-25(31)28-29-30-32/h1-15,23H,16-17H2,(H,27,33)/t23-/m1/s1. The molecule has 0 saturated carbocycles. The minimum Gasteiger partial charge on any atom is -0.350 e. The van der Waals surface area contributed by atoms with Gasteiger partial charge >= 0.3 is 0 Å². The number of nitrogens with one attached hydrogen (secondary N) is 1. The van der Waals surface area contributed by atoms with Crippen LogP contribution in [0.4, 0.5) is 10.3 Å². The van der Waals surface area contributed by atoms with Crippen LogP contribution < -0.4 is 10.2 Å². The number of anilines is 1. The first-order chi connectivity index (χ1) is 16.2. The lowest BCUT2D eigenvalue weighted by molar-refractivity contribution is -0.119. The molecular weight excluding hydrogens is 419 g/mol. The molecule has 2 heterocycles. The molecule has 5 rings (SSSR count). The van der Waals surface area contributed by atoms with Gasteiger partial charge in [0.2, 0.25) is 5.91 Å². The van der Waals surface area contributed by atoms with Gasteiger partial charge < -0.3 is 5.32 Å². The second kappa shape index (κ2) is 9.04. The quantitative estimate of drug-likeness (QED) is 0.496. The molecule has 0 unspecified atom stereocenters. The van der Waals surface area contributed by atoms with Gasteiger partial charge in [-0.3, -0.25) is 9.69 Å². The van der Waals surface area contributed by atoms with E-state index in [0.29, 0.717) is 11.5 Å². The fourth-order valence-electron chi connectivity index (χ4n) is 3.90. The lowest BCUT2D eigenvalue weighted by Crippen LogP contribution is -2.40. The summed E-state index contributed by atoms with van der Waals surface area (Å²) in [5.41, 5.74) is 3.22. The number of aromatic nitrogens is 4. The number of tetrazole rings is 1. The molecule has 1 aliphatic rings. The third-order valence-corrected chi connectivity index (χ3v) is 5.53. The number of fused-ring (bicyclic) bond motifs is 1. The maximum atomic E-state index is 13.9. The maximum Gasteiger partial charge on any atom is 0.251 e. The van der Waals surface area contributed by atoms with Gasteiger partial charge in [0.1, 0.15) is 18.4 Å². The van der Waals surface area contributed by atoms with Crippen LogP contribution in [0.15, 0.2) is 91.0 Å². The molecule has 0 bridgehead atoms. The lowest BCUT2D eigenvalue weighted by atomic mass is 10.0. The minimum atomic E-state index is -0.352. The Bertz CT molecular complexity index is 1290. The van der Waals surface area contributed by atoms with Gasteiger partial charge in [-0.1, -0.05) is 84.0 Å². The predicted octanol–water partition coefficient (Wildman–Crippen LogP) is 3.58. The van der Waals surface area contributed by atoms with Gasteiger partial charge in [0.15, 0.2) is 0 Å². The summed E-state index contributed by atoms with van der Waals surface area (Å²) < 4.78 is 15.6. The number of amides is 1. The monoisotopic (exact) mass is 440 g/mol. The van der Waals surface area contributed by atoms with Crippen LogP contribution in [0.25, 0.3) is 5.70 Å². The predicted molar refractivity (Wildman–Crippen MR) is 122 cm³/mol. The molecular formula is C25H21FN6O. The fourth-order valence-corrected chi connectivity index (χ4v) is 3.90. The van der Waals surface area contributed by atoms with Crippen LogP contribution in [-0.2, 0) is 11.3 Å². The molecule has 8 heteroatoms. The number of nitrogens with zero attached hydrogens (tertiary/aromatic N) is 5. The third kappa shape index (κ3) is 4.23. The average Bonchev–Trinajstić information content (AvgIpc) is 3.35. The van der Waals surface area contributed by atoms with E-state index < -0.39 is 0 Å². The van der Waals surface area contributed by atoms with Gasteiger partial charge in [0, 0.05) is 12.1 Å². The van der Waals surface area contributed by atoms with Crippen molar-refractivity contribution < 1.29 is 9.18 Å². The van der Waals surface area contributed by atoms with E-state index in [1.807, 2.05) is 60.7 Å².